The Kier molecular flexibility index (Phi) is 5.03. The van der Waals surface area contributed by atoms with Gasteiger partial charge in [-0.1, -0.05) is 5.16 Å². The van der Waals surface area contributed by atoms with E-state index in [-0.39, 0.29) is 12.4 Å². The van der Waals surface area contributed by atoms with E-state index in [9.17, 15) is 0 Å². The summed E-state index contributed by atoms with van der Waals surface area (Å²) < 4.78 is 15.9. The third kappa shape index (κ3) is 3.11. The Labute approximate surface area is 129 Å². The van der Waals surface area contributed by atoms with Crippen LogP contribution in [0.4, 0.5) is 0 Å². The molecule has 1 aliphatic rings. The molecular weight excluding hydrogens is 294 g/mol. The largest absolute Gasteiger partial charge is 0.493 e. The molecular formula is C14H18ClN3O3. The number of nitrogens with zero attached hydrogens (tertiary/aromatic N) is 2. The molecule has 0 amide bonds. The van der Waals surface area contributed by atoms with Crippen molar-refractivity contribution in [3.63, 3.8) is 0 Å². The average molecular weight is 312 g/mol. The molecule has 0 saturated carbocycles. The van der Waals surface area contributed by atoms with Crippen LogP contribution in [0, 0.1) is 0 Å². The topological polar surface area (TPSA) is 69.4 Å². The number of ether oxygens (including phenoxy) is 2. The smallest absolute Gasteiger partial charge is 0.231 e. The highest BCUT2D eigenvalue weighted by molar-refractivity contribution is 5.85. The molecule has 0 bridgehead atoms. The zero-order valence-electron chi connectivity index (χ0n) is 12.0. The van der Waals surface area contributed by atoms with Gasteiger partial charge in [0.05, 0.1) is 20.1 Å². The first kappa shape index (κ1) is 15.6. The van der Waals surface area contributed by atoms with E-state index < -0.39 is 0 Å². The molecule has 1 aromatic heterocycles. The van der Waals surface area contributed by atoms with Gasteiger partial charge in [0.1, 0.15) is 0 Å². The van der Waals surface area contributed by atoms with Crippen molar-refractivity contribution in [3.05, 3.63) is 24.1 Å². The van der Waals surface area contributed by atoms with E-state index in [0.717, 1.165) is 25.1 Å². The van der Waals surface area contributed by atoms with E-state index in [1.165, 1.54) is 0 Å². The van der Waals surface area contributed by atoms with Crippen LogP contribution in [0.3, 0.4) is 0 Å². The fraction of sp³-hybridized carbons (Fsp3) is 0.429. The van der Waals surface area contributed by atoms with Gasteiger partial charge in [-0.25, -0.2) is 0 Å². The number of aromatic nitrogens is 2. The highest BCUT2D eigenvalue weighted by Gasteiger charge is 2.23. The monoisotopic (exact) mass is 311 g/mol. The van der Waals surface area contributed by atoms with Gasteiger partial charge in [-0.2, -0.15) is 4.98 Å². The van der Waals surface area contributed by atoms with Crippen LogP contribution in [0.25, 0.3) is 11.4 Å². The molecule has 2 aromatic rings. The number of methoxy groups -OCH3 is 2. The van der Waals surface area contributed by atoms with Crippen molar-refractivity contribution in [3.8, 4) is 22.9 Å². The lowest BCUT2D eigenvalue weighted by atomic mass is 10.1. The summed E-state index contributed by atoms with van der Waals surface area (Å²) in [5, 5.41) is 7.34. The molecule has 1 N–H and O–H groups in total. The maximum Gasteiger partial charge on any atom is 0.231 e. The summed E-state index contributed by atoms with van der Waals surface area (Å²) in [7, 11) is 3.21. The summed E-state index contributed by atoms with van der Waals surface area (Å²) >= 11 is 0. The molecule has 1 unspecified atom stereocenters. The van der Waals surface area contributed by atoms with Gasteiger partial charge in [-0.3, -0.25) is 0 Å². The molecule has 21 heavy (non-hydrogen) atoms. The van der Waals surface area contributed by atoms with Gasteiger partial charge in [0.25, 0.3) is 0 Å². The minimum absolute atomic E-state index is 0. The Morgan fingerprint density at radius 3 is 2.71 bits per heavy atom. The van der Waals surface area contributed by atoms with Gasteiger partial charge in [-0.05, 0) is 31.2 Å². The SMILES string of the molecule is COc1ccc(-c2noc(C3CCNC3)n2)cc1OC.Cl. The van der Waals surface area contributed by atoms with Crippen molar-refractivity contribution in [2.45, 2.75) is 12.3 Å². The molecule has 1 atom stereocenters. The molecule has 0 spiro atoms. The highest BCUT2D eigenvalue weighted by Crippen LogP contribution is 2.32. The first-order chi connectivity index (χ1) is 9.81. The third-order valence-electron chi connectivity index (χ3n) is 3.49. The number of halogens is 1. The van der Waals surface area contributed by atoms with Crippen molar-refractivity contribution in [2.75, 3.05) is 27.3 Å². The van der Waals surface area contributed by atoms with Crippen LogP contribution in [0.1, 0.15) is 18.2 Å². The lowest BCUT2D eigenvalue weighted by Gasteiger charge is -2.07. The van der Waals surface area contributed by atoms with Crippen LogP contribution < -0.4 is 14.8 Å². The van der Waals surface area contributed by atoms with Crippen LogP contribution >= 0.6 is 12.4 Å². The standard InChI is InChI=1S/C14H17N3O3.ClH/c1-18-11-4-3-9(7-12(11)19-2)13-16-14(20-17-13)10-5-6-15-8-10;/h3-4,7,10,15H,5-6,8H2,1-2H3;1H. The first-order valence-corrected chi connectivity index (χ1v) is 6.58. The lowest BCUT2D eigenvalue weighted by Crippen LogP contribution is -2.08. The minimum Gasteiger partial charge on any atom is -0.493 e. The van der Waals surface area contributed by atoms with E-state index in [2.05, 4.69) is 15.5 Å². The van der Waals surface area contributed by atoms with E-state index in [1.54, 1.807) is 14.2 Å². The van der Waals surface area contributed by atoms with Crippen LogP contribution in [0.2, 0.25) is 0 Å². The molecule has 2 heterocycles. The van der Waals surface area contributed by atoms with E-state index in [4.69, 9.17) is 14.0 Å². The van der Waals surface area contributed by atoms with Gasteiger partial charge in [0, 0.05) is 12.1 Å². The summed E-state index contributed by atoms with van der Waals surface area (Å²) in [6.07, 6.45) is 1.04. The second-order valence-corrected chi connectivity index (χ2v) is 4.72. The third-order valence-corrected chi connectivity index (χ3v) is 3.49. The van der Waals surface area contributed by atoms with E-state index in [0.29, 0.717) is 29.1 Å². The molecule has 0 radical (unpaired) electrons. The zero-order chi connectivity index (χ0) is 13.9. The van der Waals surface area contributed by atoms with Crippen LogP contribution in [-0.2, 0) is 0 Å². The molecule has 0 aliphatic carbocycles. The summed E-state index contributed by atoms with van der Waals surface area (Å²) in [6, 6.07) is 5.57. The fourth-order valence-electron chi connectivity index (χ4n) is 2.36. The number of benzene rings is 1. The van der Waals surface area contributed by atoms with Crippen LogP contribution in [-0.4, -0.2) is 37.4 Å². The fourth-order valence-corrected chi connectivity index (χ4v) is 2.36. The van der Waals surface area contributed by atoms with Crippen molar-refractivity contribution in [1.29, 1.82) is 0 Å². The maximum atomic E-state index is 5.36. The predicted octanol–water partition coefficient (Wildman–Crippen LogP) is 2.25. The van der Waals surface area contributed by atoms with Crippen LogP contribution in [0.15, 0.2) is 22.7 Å². The Balaban J connectivity index is 0.00000161. The quantitative estimate of drug-likeness (QED) is 0.934. The molecule has 1 aliphatic heterocycles. The summed E-state index contributed by atoms with van der Waals surface area (Å²) in [5.41, 5.74) is 0.851. The minimum atomic E-state index is 0. The maximum absolute atomic E-state index is 5.36. The van der Waals surface area contributed by atoms with Gasteiger partial charge in [0.15, 0.2) is 11.5 Å². The Bertz CT molecular complexity index is 597. The summed E-state index contributed by atoms with van der Waals surface area (Å²) in [4.78, 5) is 4.48. The van der Waals surface area contributed by atoms with Gasteiger partial charge >= 0.3 is 0 Å². The lowest BCUT2D eigenvalue weighted by molar-refractivity contribution is 0.354. The molecule has 7 heteroatoms. The van der Waals surface area contributed by atoms with Crippen molar-refractivity contribution in [2.24, 2.45) is 0 Å². The molecule has 6 nitrogen and oxygen atoms in total. The first-order valence-electron chi connectivity index (χ1n) is 6.58. The molecule has 1 saturated heterocycles. The zero-order valence-corrected chi connectivity index (χ0v) is 12.8. The van der Waals surface area contributed by atoms with Crippen molar-refractivity contribution >= 4 is 12.4 Å². The second-order valence-electron chi connectivity index (χ2n) is 4.72. The molecule has 1 fully saturated rings. The second kappa shape index (κ2) is 6.78. The molecule has 3 rings (SSSR count). The number of rotatable bonds is 4. The molecule has 114 valence electrons. The van der Waals surface area contributed by atoms with Gasteiger partial charge in [-0.15, -0.1) is 12.4 Å². The summed E-state index contributed by atoms with van der Waals surface area (Å²) in [5.74, 6) is 2.92. The molecule has 1 aromatic carbocycles. The van der Waals surface area contributed by atoms with Crippen molar-refractivity contribution < 1.29 is 14.0 Å². The number of hydrogen-bond acceptors (Lipinski definition) is 6. The van der Waals surface area contributed by atoms with E-state index >= 15 is 0 Å². The number of nitrogens with one attached hydrogen (secondary N) is 1. The average Bonchev–Trinajstić information content (AvgIpc) is 3.16. The Morgan fingerprint density at radius 2 is 2.05 bits per heavy atom. The van der Waals surface area contributed by atoms with E-state index in [1.807, 2.05) is 18.2 Å². The predicted molar refractivity (Wildman–Crippen MR) is 80.3 cm³/mol. The normalized spacial score (nSPS) is 17.3. The van der Waals surface area contributed by atoms with Gasteiger partial charge < -0.3 is 19.3 Å². The Hall–Kier alpha value is -1.79. The number of hydrogen-bond donors (Lipinski definition) is 1. The Morgan fingerprint density at radius 1 is 1.24 bits per heavy atom. The summed E-state index contributed by atoms with van der Waals surface area (Å²) in [6.45, 7) is 1.90. The van der Waals surface area contributed by atoms with Gasteiger partial charge in [0.2, 0.25) is 11.7 Å². The van der Waals surface area contributed by atoms with Crippen LogP contribution in [0.5, 0.6) is 11.5 Å². The highest BCUT2D eigenvalue weighted by atomic mass is 35.5. The van der Waals surface area contributed by atoms with Crippen molar-refractivity contribution in [1.82, 2.24) is 15.5 Å².